The Kier molecular flexibility index (Phi) is 5.19. The summed E-state index contributed by atoms with van der Waals surface area (Å²) in [6.07, 6.45) is 7.71. The zero-order valence-electron chi connectivity index (χ0n) is 11.2. The Morgan fingerprint density at radius 1 is 1.35 bits per heavy atom. The van der Waals surface area contributed by atoms with Gasteiger partial charge in [0, 0.05) is 31.2 Å². The summed E-state index contributed by atoms with van der Waals surface area (Å²) in [6, 6.07) is 0.535. The Balaban J connectivity index is 2.37. The van der Waals surface area contributed by atoms with Crippen molar-refractivity contribution in [3.63, 3.8) is 0 Å². The molecule has 1 rings (SSSR count). The van der Waals surface area contributed by atoms with Crippen molar-refractivity contribution in [1.82, 2.24) is 14.5 Å². The highest BCUT2D eigenvalue weighted by Gasteiger charge is 2.19. The van der Waals surface area contributed by atoms with E-state index in [9.17, 15) is 4.79 Å². The number of imidazole rings is 1. The quantitative estimate of drug-likeness (QED) is 0.758. The van der Waals surface area contributed by atoms with Gasteiger partial charge in [-0.05, 0) is 34.1 Å². The molecular weight excluding hydrogens is 214 g/mol. The molecule has 0 aliphatic carbocycles. The van der Waals surface area contributed by atoms with Gasteiger partial charge in [0.15, 0.2) is 0 Å². The number of hydrogen-bond donors (Lipinski definition) is 0. The van der Waals surface area contributed by atoms with E-state index >= 15 is 0 Å². The second-order valence-corrected chi connectivity index (χ2v) is 4.83. The van der Waals surface area contributed by atoms with E-state index < -0.39 is 0 Å². The minimum atomic E-state index is 0.235. The molecule has 17 heavy (non-hydrogen) atoms. The monoisotopic (exact) mass is 236 g/mol. The predicted octanol–water partition coefficient (Wildman–Crippen LogP) is 2.11. The number of aryl methyl sites for hydroxylation is 1. The Bertz CT molecular complexity index is 322. The number of carbonyl (C=O) groups excluding carboxylic acids is 1. The summed E-state index contributed by atoms with van der Waals surface area (Å²) in [5.41, 5.74) is 0. The highest BCUT2D eigenvalue weighted by atomic mass is 16.2. The van der Waals surface area contributed by atoms with Crippen LogP contribution in [-0.2, 0) is 11.3 Å². The molecule has 1 radical (unpaired) electrons. The highest BCUT2D eigenvalue weighted by molar-refractivity contribution is 5.76. The summed E-state index contributed by atoms with van der Waals surface area (Å²) in [7, 11) is 0. The molecule has 0 spiro atoms. The molecule has 0 atom stereocenters. The molecule has 0 aromatic carbocycles. The lowest BCUT2D eigenvalue weighted by atomic mass is 10.2. The van der Waals surface area contributed by atoms with Crippen LogP contribution in [0.1, 0.15) is 40.5 Å². The Hall–Kier alpha value is -1.32. The van der Waals surface area contributed by atoms with Gasteiger partial charge >= 0.3 is 0 Å². The van der Waals surface area contributed by atoms with Gasteiger partial charge in [-0.3, -0.25) is 4.79 Å². The van der Waals surface area contributed by atoms with Crippen molar-refractivity contribution in [2.75, 3.05) is 0 Å². The van der Waals surface area contributed by atoms with Gasteiger partial charge in [0.05, 0.1) is 6.33 Å². The first kappa shape index (κ1) is 13.7. The third kappa shape index (κ3) is 4.21. The molecule has 4 nitrogen and oxygen atoms in total. The van der Waals surface area contributed by atoms with Crippen molar-refractivity contribution in [2.45, 2.75) is 59.2 Å². The number of amides is 1. The summed E-state index contributed by atoms with van der Waals surface area (Å²) < 4.78 is 1.95. The van der Waals surface area contributed by atoms with Crippen LogP contribution >= 0.6 is 0 Å². The number of carbonyl (C=O) groups is 1. The molecular formula is C13H22N3O. The van der Waals surface area contributed by atoms with Gasteiger partial charge in [0.2, 0.25) is 5.91 Å². The molecule has 0 N–H and O–H groups in total. The van der Waals surface area contributed by atoms with Gasteiger partial charge in [-0.25, -0.2) is 4.98 Å². The van der Waals surface area contributed by atoms with Crippen molar-refractivity contribution in [3.05, 3.63) is 18.7 Å². The van der Waals surface area contributed by atoms with Crippen LogP contribution < -0.4 is 0 Å². The molecule has 1 amide bonds. The van der Waals surface area contributed by atoms with Crippen molar-refractivity contribution in [2.24, 2.45) is 0 Å². The van der Waals surface area contributed by atoms with Crippen molar-refractivity contribution >= 4 is 5.91 Å². The Labute approximate surface area is 104 Å². The Morgan fingerprint density at radius 2 is 2.00 bits per heavy atom. The molecule has 0 saturated heterocycles. The topological polar surface area (TPSA) is 38.1 Å². The van der Waals surface area contributed by atoms with E-state index in [1.54, 1.807) is 12.5 Å². The lowest BCUT2D eigenvalue weighted by Gasteiger charge is -2.30. The van der Waals surface area contributed by atoms with Crippen molar-refractivity contribution < 1.29 is 4.79 Å². The first-order valence-corrected chi connectivity index (χ1v) is 6.21. The van der Waals surface area contributed by atoms with E-state index in [0.717, 1.165) is 13.0 Å². The lowest BCUT2D eigenvalue weighted by molar-refractivity contribution is -0.134. The fourth-order valence-corrected chi connectivity index (χ4v) is 2.08. The molecule has 0 bridgehead atoms. The fraction of sp³-hybridized carbons (Fsp3) is 0.692. The minimum Gasteiger partial charge on any atom is -0.338 e. The maximum atomic E-state index is 12.0. The summed E-state index contributed by atoms with van der Waals surface area (Å²) in [5.74, 6) is 0.235. The van der Waals surface area contributed by atoms with Gasteiger partial charge in [-0.2, -0.15) is 0 Å². The third-order valence-corrected chi connectivity index (χ3v) is 2.71. The van der Waals surface area contributed by atoms with Crippen LogP contribution in [0.2, 0.25) is 0 Å². The van der Waals surface area contributed by atoms with E-state index in [-0.39, 0.29) is 18.0 Å². The summed E-state index contributed by atoms with van der Waals surface area (Å²) in [6.45, 7) is 9.06. The first-order chi connectivity index (χ1) is 8.02. The second-order valence-electron chi connectivity index (χ2n) is 4.83. The van der Waals surface area contributed by atoms with Gasteiger partial charge in [0.25, 0.3) is 0 Å². The summed E-state index contributed by atoms with van der Waals surface area (Å²) >= 11 is 0. The van der Waals surface area contributed by atoms with Crippen LogP contribution in [0.3, 0.4) is 0 Å². The third-order valence-electron chi connectivity index (χ3n) is 2.71. The van der Waals surface area contributed by atoms with E-state index in [1.807, 2.05) is 9.47 Å². The van der Waals surface area contributed by atoms with Crippen LogP contribution in [0.5, 0.6) is 0 Å². The fourth-order valence-electron chi connectivity index (χ4n) is 2.08. The molecule has 0 saturated carbocycles. The first-order valence-electron chi connectivity index (χ1n) is 6.21. The Morgan fingerprint density at radius 3 is 2.47 bits per heavy atom. The number of rotatable bonds is 6. The van der Waals surface area contributed by atoms with Crippen molar-refractivity contribution in [1.29, 1.82) is 0 Å². The molecule has 0 fully saturated rings. The molecule has 1 aromatic rings. The molecule has 0 aliphatic rings. The van der Waals surface area contributed by atoms with Gasteiger partial charge < -0.3 is 9.47 Å². The van der Waals surface area contributed by atoms with Gasteiger partial charge in [0.1, 0.15) is 6.20 Å². The van der Waals surface area contributed by atoms with Crippen LogP contribution in [-0.4, -0.2) is 32.4 Å². The largest absolute Gasteiger partial charge is 0.338 e. The summed E-state index contributed by atoms with van der Waals surface area (Å²) in [5, 5.41) is 0. The van der Waals surface area contributed by atoms with E-state index in [1.165, 1.54) is 0 Å². The summed E-state index contributed by atoms with van der Waals surface area (Å²) in [4.78, 5) is 17.8. The van der Waals surface area contributed by atoms with Gasteiger partial charge in [-0.1, -0.05) is 0 Å². The SMILES string of the molecule is CC(C)N(C(=O)CCCn1c[c]nc1)C(C)C. The van der Waals surface area contributed by atoms with Crippen LogP contribution in [0.15, 0.2) is 12.5 Å². The van der Waals surface area contributed by atoms with E-state index in [0.29, 0.717) is 6.42 Å². The normalized spacial score (nSPS) is 11.2. The lowest BCUT2D eigenvalue weighted by Crippen LogP contribution is -2.42. The maximum absolute atomic E-state index is 12.0. The van der Waals surface area contributed by atoms with Crippen LogP contribution in [0.25, 0.3) is 0 Å². The van der Waals surface area contributed by atoms with Crippen molar-refractivity contribution in [3.8, 4) is 0 Å². The smallest absolute Gasteiger partial charge is 0.223 e. The molecule has 95 valence electrons. The minimum absolute atomic E-state index is 0.235. The zero-order chi connectivity index (χ0) is 12.8. The number of nitrogens with zero attached hydrogens (tertiary/aromatic N) is 3. The molecule has 0 aliphatic heterocycles. The maximum Gasteiger partial charge on any atom is 0.223 e. The average molecular weight is 236 g/mol. The predicted molar refractivity (Wildman–Crippen MR) is 67.4 cm³/mol. The van der Waals surface area contributed by atoms with Crippen LogP contribution in [0.4, 0.5) is 0 Å². The zero-order valence-corrected chi connectivity index (χ0v) is 11.2. The number of hydrogen-bond acceptors (Lipinski definition) is 2. The van der Waals surface area contributed by atoms with Gasteiger partial charge in [-0.15, -0.1) is 0 Å². The molecule has 1 heterocycles. The van der Waals surface area contributed by atoms with Crippen LogP contribution in [0, 0.1) is 6.20 Å². The second kappa shape index (κ2) is 6.42. The van der Waals surface area contributed by atoms with E-state index in [4.69, 9.17) is 0 Å². The molecule has 4 heteroatoms. The average Bonchev–Trinajstić information content (AvgIpc) is 2.69. The standard InChI is InChI=1S/C13H22N3O/c1-11(2)16(12(3)4)13(17)6-5-8-15-9-7-14-10-15/h9-12H,5-6,8H2,1-4H3. The highest BCUT2D eigenvalue weighted by Crippen LogP contribution is 2.09. The molecule has 1 aromatic heterocycles. The molecule has 0 unspecified atom stereocenters. The number of aromatic nitrogens is 2. The van der Waals surface area contributed by atoms with E-state index in [2.05, 4.69) is 38.9 Å².